The minimum atomic E-state index is -0.0790. The molecule has 0 atom stereocenters. The monoisotopic (exact) mass is 308 g/mol. The molecule has 0 bridgehead atoms. The number of aromatic amines is 1. The van der Waals surface area contributed by atoms with E-state index in [0.29, 0.717) is 5.16 Å². The fourth-order valence-corrected chi connectivity index (χ4v) is 2.75. The third-order valence-corrected chi connectivity index (χ3v) is 4.04. The Morgan fingerprint density at radius 2 is 2.05 bits per heavy atom. The maximum absolute atomic E-state index is 11.6. The van der Waals surface area contributed by atoms with Crippen molar-refractivity contribution < 1.29 is 0 Å². The zero-order chi connectivity index (χ0) is 14.4. The normalized spacial score (nSPS) is 10.7. The highest BCUT2D eigenvalue weighted by molar-refractivity contribution is 7.98. The molecule has 0 radical (unpaired) electrons. The molecule has 3 nitrogen and oxygen atoms in total. The quantitative estimate of drug-likeness (QED) is 0.646. The molecule has 0 fully saturated rings. The van der Waals surface area contributed by atoms with E-state index in [1.165, 1.54) is 11.8 Å². The van der Waals surface area contributed by atoms with Crippen LogP contribution >= 0.6 is 23.4 Å². The van der Waals surface area contributed by atoms with Crippen LogP contribution in [0.1, 0.15) is 31.0 Å². The molecule has 0 unspecified atom stereocenters. The second kappa shape index (κ2) is 7.50. The highest BCUT2D eigenvalue weighted by Crippen LogP contribution is 2.20. The fourth-order valence-electron chi connectivity index (χ4n) is 1.77. The summed E-state index contributed by atoms with van der Waals surface area (Å²) >= 11 is 7.38. The van der Waals surface area contributed by atoms with E-state index in [4.69, 9.17) is 11.6 Å². The average Bonchev–Trinajstić information content (AvgIpc) is 2.44. The van der Waals surface area contributed by atoms with Crippen molar-refractivity contribution in [3.05, 3.63) is 57.0 Å². The first-order valence-corrected chi connectivity index (χ1v) is 8.01. The summed E-state index contributed by atoms with van der Waals surface area (Å²) in [7, 11) is 0. The van der Waals surface area contributed by atoms with Crippen LogP contribution in [0.25, 0.3) is 0 Å². The number of unbranched alkanes of at least 4 members (excludes halogenated alkanes) is 1. The van der Waals surface area contributed by atoms with E-state index in [2.05, 4.69) is 16.9 Å². The highest BCUT2D eigenvalue weighted by Gasteiger charge is 2.03. The zero-order valence-corrected chi connectivity index (χ0v) is 12.9. The minimum absolute atomic E-state index is 0.0790. The number of aryl methyl sites for hydroxylation is 1. The van der Waals surface area contributed by atoms with E-state index < -0.39 is 0 Å². The van der Waals surface area contributed by atoms with E-state index in [-0.39, 0.29) is 5.56 Å². The molecule has 0 spiro atoms. The van der Waals surface area contributed by atoms with Gasteiger partial charge in [-0.15, -0.1) is 0 Å². The van der Waals surface area contributed by atoms with Crippen LogP contribution in [0, 0.1) is 0 Å². The smallest absolute Gasteiger partial charge is 0.251 e. The number of hydrogen-bond donors (Lipinski definition) is 1. The molecule has 0 saturated carbocycles. The number of nitrogens with one attached hydrogen (secondary N) is 1. The third kappa shape index (κ3) is 4.69. The van der Waals surface area contributed by atoms with Crippen LogP contribution in [0.4, 0.5) is 0 Å². The largest absolute Gasteiger partial charge is 0.301 e. The zero-order valence-electron chi connectivity index (χ0n) is 11.4. The molecule has 20 heavy (non-hydrogen) atoms. The molecule has 0 saturated heterocycles. The number of rotatable bonds is 6. The van der Waals surface area contributed by atoms with Crippen molar-refractivity contribution in [1.29, 1.82) is 0 Å². The molecule has 1 N–H and O–H groups in total. The maximum Gasteiger partial charge on any atom is 0.251 e. The van der Waals surface area contributed by atoms with Gasteiger partial charge in [-0.25, -0.2) is 4.98 Å². The van der Waals surface area contributed by atoms with E-state index in [1.54, 1.807) is 6.07 Å². The molecule has 0 aliphatic heterocycles. The predicted molar refractivity (Wildman–Crippen MR) is 84.5 cm³/mol. The Hall–Kier alpha value is -1.26. The Bertz CT molecular complexity index is 610. The van der Waals surface area contributed by atoms with Gasteiger partial charge in [0.15, 0.2) is 5.16 Å². The van der Waals surface area contributed by atoms with Gasteiger partial charge in [-0.1, -0.05) is 48.8 Å². The van der Waals surface area contributed by atoms with Crippen molar-refractivity contribution in [2.45, 2.75) is 37.1 Å². The average molecular weight is 309 g/mol. The van der Waals surface area contributed by atoms with Crippen molar-refractivity contribution in [1.82, 2.24) is 9.97 Å². The van der Waals surface area contributed by atoms with Gasteiger partial charge in [0.05, 0.1) is 0 Å². The molecule has 1 aromatic carbocycles. The Morgan fingerprint density at radius 3 is 2.75 bits per heavy atom. The van der Waals surface area contributed by atoms with Gasteiger partial charge in [-0.2, -0.15) is 0 Å². The van der Waals surface area contributed by atoms with Gasteiger partial charge in [-0.05, 0) is 30.5 Å². The fraction of sp³-hybridized carbons (Fsp3) is 0.333. The van der Waals surface area contributed by atoms with Crippen LogP contribution in [0.15, 0.2) is 40.3 Å². The minimum Gasteiger partial charge on any atom is -0.301 e. The van der Waals surface area contributed by atoms with Crippen LogP contribution in [0.5, 0.6) is 0 Å². The number of H-pyrrole nitrogens is 1. The van der Waals surface area contributed by atoms with Crippen LogP contribution in [-0.4, -0.2) is 9.97 Å². The van der Waals surface area contributed by atoms with Crippen LogP contribution in [0.3, 0.4) is 0 Å². The van der Waals surface area contributed by atoms with Crippen LogP contribution < -0.4 is 5.56 Å². The number of aromatic nitrogens is 2. The van der Waals surface area contributed by atoms with Crippen molar-refractivity contribution in [3.63, 3.8) is 0 Å². The lowest BCUT2D eigenvalue weighted by Crippen LogP contribution is -2.10. The van der Waals surface area contributed by atoms with Gasteiger partial charge in [0.2, 0.25) is 0 Å². The van der Waals surface area contributed by atoms with E-state index >= 15 is 0 Å². The van der Waals surface area contributed by atoms with Crippen LogP contribution in [0.2, 0.25) is 5.02 Å². The SMILES string of the molecule is CCCCc1cc(=O)[nH]c(SCc2ccc(Cl)cc2)n1. The summed E-state index contributed by atoms with van der Waals surface area (Å²) < 4.78 is 0. The number of nitrogens with zero attached hydrogens (tertiary/aromatic N) is 1. The first kappa shape index (κ1) is 15.1. The Kier molecular flexibility index (Phi) is 5.68. The van der Waals surface area contributed by atoms with Gasteiger partial charge in [0.1, 0.15) is 0 Å². The summed E-state index contributed by atoms with van der Waals surface area (Å²) in [6.07, 6.45) is 3.01. The summed E-state index contributed by atoms with van der Waals surface area (Å²) in [5, 5.41) is 1.41. The lowest BCUT2D eigenvalue weighted by Gasteiger charge is -2.04. The summed E-state index contributed by atoms with van der Waals surface area (Å²) in [5.74, 6) is 0.761. The molecule has 0 amide bonds. The Labute approximate surface area is 127 Å². The van der Waals surface area contributed by atoms with Gasteiger partial charge in [0, 0.05) is 22.5 Å². The summed E-state index contributed by atoms with van der Waals surface area (Å²) in [6.45, 7) is 2.13. The van der Waals surface area contributed by atoms with Gasteiger partial charge in [0.25, 0.3) is 5.56 Å². The highest BCUT2D eigenvalue weighted by atomic mass is 35.5. The van der Waals surface area contributed by atoms with Crippen molar-refractivity contribution >= 4 is 23.4 Å². The van der Waals surface area contributed by atoms with E-state index in [9.17, 15) is 4.79 Å². The Balaban J connectivity index is 2.03. The van der Waals surface area contributed by atoms with Crippen molar-refractivity contribution in [2.75, 3.05) is 0 Å². The molecular weight excluding hydrogens is 292 g/mol. The van der Waals surface area contributed by atoms with Crippen molar-refractivity contribution in [2.24, 2.45) is 0 Å². The molecule has 2 aromatic rings. The second-order valence-corrected chi connectivity index (χ2v) is 5.96. The summed E-state index contributed by atoms with van der Waals surface area (Å²) in [5.41, 5.74) is 1.94. The topological polar surface area (TPSA) is 45.8 Å². The standard InChI is InChI=1S/C15H17ClN2OS/c1-2-3-4-13-9-14(19)18-15(17-13)20-10-11-5-7-12(16)8-6-11/h5-9H,2-4,10H2,1H3,(H,17,18,19). The molecular formula is C15H17ClN2OS. The summed E-state index contributed by atoms with van der Waals surface area (Å²) in [6, 6.07) is 9.28. The lowest BCUT2D eigenvalue weighted by molar-refractivity contribution is 0.752. The molecule has 106 valence electrons. The molecule has 5 heteroatoms. The first-order chi connectivity index (χ1) is 9.67. The van der Waals surface area contributed by atoms with Gasteiger partial charge >= 0.3 is 0 Å². The first-order valence-electron chi connectivity index (χ1n) is 6.65. The van der Waals surface area contributed by atoms with Gasteiger partial charge < -0.3 is 4.98 Å². The number of hydrogen-bond acceptors (Lipinski definition) is 3. The second-order valence-electron chi connectivity index (χ2n) is 4.56. The Morgan fingerprint density at radius 1 is 1.30 bits per heavy atom. The van der Waals surface area contributed by atoms with Crippen molar-refractivity contribution in [3.8, 4) is 0 Å². The molecule has 0 aliphatic carbocycles. The molecule has 0 aliphatic rings. The number of benzene rings is 1. The molecule has 1 aromatic heterocycles. The number of thioether (sulfide) groups is 1. The maximum atomic E-state index is 11.6. The predicted octanol–water partition coefficient (Wildman–Crippen LogP) is 4.06. The van der Waals surface area contributed by atoms with Crippen LogP contribution in [-0.2, 0) is 12.2 Å². The van der Waals surface area contributed by atoms with E-state index in [1.807, 2.05) is 24.3 Å². The third-order valence-electron chi connectivity index (χ3n) is 2.85. The van der Waals surface area contributed by atoms with E-state index in [0.717, 1.165) is 41.3 Å². The molecule has 2 rings (SSSR count). The molecule has 1 heterocycles. The number of halogens is 1. The lowest BCUT2D eigenvalue weighted by atomic mass is 10.2. The van der Waals surface area contributed by atoms with Gasteiger partial charge in [-0.3, -0.25) is 4.79 Å². The summed E-state index contributed by atoms with van der Waals surface area (Å²) in [4.78, 5) is 18.9.